The molecule has 1 aliphatic rings. The summed E-state index contributed by atoms with van der Waals surface area (Å²) in [7, 11) is 0. The molecule has 1 aliphatic heterocycles. The Balaban J connectivity index is 2.09. The molecule has 1 unspecified atom stereocenters. The van der Waals surface area contributed by atoms with Crippen molar-refractivity contribution in [3.63, 3.8) is 0 Å². The van der Waals surface area contributed by atoms with Crippen LogP contribution in [0.15, 0.2) is 30.3 Å². The minimum Gasteiger partial charge on any atom is -0.277 e. The van der Waals surface area contributed by atoms with Crippen LogP contribution in [0.5, 0.6) is 0 Å². The van der Waals surface area contributed by atoms with Crippen LogP contribution < -0.4 is 0 Å². The standard InChI is InChI=1S/C12H13NO2/c1-2-9-8-13(11(9)14)12(15)10-6-4-3-5-7-10/h3-7,9H,2,8H2,1H3. The molecule has 3 heteroatoms. The van der Waals surface area contributed by atoms with Gasteiger partial charge in [-0.3, -0.25) is 14.5 Å². The zero-order chi connectivity index (χ0) is 10.8. The number of imide groups is 1. The molecule has 1 fully saturated rings. The van der Waals surface area contributed by atoms with E-state index in [1.807, 2.05) is 13.0 Å². The maximum atomic E-state index is 11.8. The van der Waals surface area contributed by atoms with E-state index in [1.54, 1.807) is 24.3 Å². The van der Waals surface area contributed by atoms with Gasteiger partial charge in [-0.25, -0.2) is 0 Å². The molecule has 0 bridgehead atoms. The van der Waals surface area contributed by atoms with Crippen LogP contribution in [-0.2, 0) is 4.79 Å². The van der Waals surface area contributed by atoms with Gasteiger partial charge in [0.15, 0.2) is 0 Å². The molecule has 0 saturated carbocycles. The van der Waals surface area contributed by atoms with Crippen molar-refractivity contribution in [3.8, 4) is 0 Å². The van der Waals surface area contributed by atoms with Gasteiger partial charge < -0.3 is 0 Å². The number of likely N-dealkylation sites (tertiary alicyclic amines) is 1. The van der Waals surface area contributed by atoms with Crippen molar-refractivity contribution < 1.29 is 9.59 Å². The molecule has 1 aromatic rings. The van der Waals surface area contributed by atoms with Gasteiger partial charge in [0.1, 0.15) is 0 Å². The van der Waals surface area contributed by atoms with E-state index in [2.05, 4.69) is 0 Å². The summed E-state index contributed by atoms with van der Waals surface area (Å²) in [6, 6.07) is 8.91. The van der Waals surface area contributed by atoms with Crippen molar-refractivity contribution in [2.24, 2.45) is 5.92 Å². The van der Waals surface area contributed by atoms with Crippen LogP contribution in [0.2, 0.25) is 0 Å². The largest absolute Gasteiger partial charge is 0.277 e. The van der Waals surface area contributed by atoms with E-state index in [0.717, 1.165) is 6.42 Å². The highest BCUT2D eigenvalue weighted by atomic mass is 16.2. The first-order valence-corrected chi connectivity index (χ1v) is 5.14. The van der Waals surface area contributed by atoms with Crippen LogP contribution in [0.1, 0.15) is 23.7 Å². The third kappa shape index (κ3) is 1.65. The summed E-state index contributed by atoms with van der Waals surface area (Å²) in [6.45, 7) is 2.54. The molecular formula is C12H13NO2. The molecule has 0 spiro atoms. The predicted octanol–water partition coefficient (Wildman–Crippen LogP) is 1.70. The highest BCUT2D eigenvalue weighted by Gasteiger charge is 2.39. The second-order valence-electron chi connectivity index (χ2n) is 3.73. The van der Waals surface area contributed by atoms with Crippen LogP contribution in [0.3, 0.4) is 0 Å². The predicted molar refractivity (Wildman–Crippen MR) is 56.3 cm³/mol. The summed E-state index contributed by atoms with van der Waals surface area (Å²) in [5.41, 5.74) is 0.584. The Kier molecular flexibility index (Phi) is 2.54. The lowest BCUT2D eigenvalue weighted by Crippen LogP contribution is -2.54. The summed E-state index contributed by atoms with van der Waals surface area (Å²) in [4.78, 5) is 24.6. The maximum absolute atomic E-state index is 11.8. The first-order chi connectivity index (χ1) is 7.24. The zero-order valence-corrected chi connectivity index (χ0v) is 8.64. The third-order valence-corrected chi connectivity index (χ3v) is 2.78. The lowest BCUT2D eigenvalue weighted by molar-refractivity contribution is -0.143. The third-order valence-electron chi connectivity index (χ3n) is 2.78. The average Bonchev–Trinajstić information content (AvgIpc) is 2.28. The number of benzene rings is 1. The van der Waals surface area contributed by atoms with Gasteiger partial charge in [-0.1, -0.05) is 25.1 Å². The van der Waals surface area contributed by atoms with Crippen LogP contribution >= 0.6 is 0 Å². The SMILES string of the molecule is CCC1CN(C(=O)c2ccccc2)C1=O. The van der Waals surface area contributed by atoms with Gasteiger partial charge in [0.25, 0.3) is 5.91 Å². The average molecular weight is 203 g/mol. The Morgan fingerprint density at radius 2 is 2.07 bits per heavy atom. The van der Waals surface area contributed by atoms with Gasteiger partial charge in [-0.2, -0.15) is 0 Å². The van der Waals surface area contributed by atoms with Gasteiger partial charge >= 0.3 is 0 Å². The highest BCUT2D eigenvalue weighted by molar-refractivity contribution is 6.08. The molecule has 0 aliphatic carbocycles. The fourth-order valence-electron chi connectivity index (χ4n) is 1.72. The Bertz CT molecular complexity index is 386. The van der Waals surface area contributed by atoms with Gasteiger partial charge in [0.2, 0.25) is 5.91 Å². The van der Waals surface area contributed by atoms with Crippen LogP contribution in [0, 0.1) is 5.92 Å². The number of hydrogen-bond acceptors (Lipinski definition) is 2. The molecule has 2 amide bonds. The fraction of sp³-hybridized carbons (Fsp3) is 0.333. The smallest absolute Gasteiger partial charge is 0.260 e. The monoisotopic (exact) mass is 203 g/mol. The van der Waals surface area contributed by atoms with Gasteiger partial charge in [-0.05, 0) is 18.6 Å². The molecule has 15 heavy (non-hydrogen) atoms. The van der Waals surface area contributed by atoms with Crippen molar-refractivity contribution in [2.45, 2.75) is 13.3 Å². The second kappa shape index (κ2) is 3.85. The fourth-order valence-corrected chi connectivity index (χ4v) is 1.72. The lowest BCUT2D eigenvalue weighted by atomic mass is 9.95. The van der Waals surface area contributed by atoms with E-state index >= 15 is 0 Å². The van der Waals surface area contributed by atoms with E-state index in [1.165, 1.54) is 4.90 Å². The minimum absolute atomic E-state index is 0.0358. The Morgan fingerprint density at radius 1 is 1.40 bits per heavy atom. The van der Waals surface area contributed by atoms with Crippen molar-refractivity contribution in [1.82, 2.24) is 4.90 Å². The van der Waals surface area contributed by atoms with Crippen molar-refractivity contribution in [2.75, 3.05) is 6.54 Å². The number of carbonyl (C=O) groups excluding carboxylic acids is 2. The molecule has 2 rings (SSSR count). The van der Waals surface area contributed by atoms with Crippen LogP contribution in [-0.4, -0.2) is 23.3 Å². The Morgan fingerprint density at radius 3 is 2.60 bits per heavy atom. The van der Waals surface area contributed by atoms with Crippen LogP contribution in [0.4, 0.5) is 0 Å². The van der Waals surface area contributed by atoms with Gasteiger partial charge in [0.05, 0.1) is 5.92 Å². The summed E-state index contributed by atoms with van der Waals surface area (Å²) in [5.74, 6) is -0.158. The molecule has 1 heterocycles. The summed E-state index contributed by atoms with van der Waals surface area (Å²) >= 11 is 0. The number of amides is 2. The van der Waals surface area contributed by atoms with E-state index in [4.69, 9.17) is 0 Å². The molecule has 1 aromatic carbocycles. The molecule has 0 N–H and O–H groups in total. The molecule has 0 radical (unpaired) electrons. The molecule has 1 saturated heterocycles. The zero-order valence-electron chi connectivity index (χ0n) is 8.64. The van der Waals surface area contributed by atoms with Crippen molar-refractivity contribution in [1.29, 1.82) is 0 Å². The van der Waals surface area contributed by atoms with Crippen molar-refractivity contribution >= 4 is 11.8 Å². The number of β-lactam (4-membered cyclic amide) rings is 1. The Hall–Kier alpha value is -1.64. The van der Waals surface area contributed by atoms with Crippen LogP contribution in [0.25, 0.3) is 0 Å². The molecule has 3 nitrogen and oxygen atoms in total. The van der Waals surface area contributed by atoms with Crippen molar-refractivity contribution in [3.05, 3.63) is 35.9 Å². The van der Waals surface area contributed by atoms with Gasteiger partial charge in [-0.15, -0.1) is 0 Å². The highest BCUT2D eigenvalue weighted by Crippen LogP contribution is 2.22. The minimum atomic E-state index is -0.176. The summed E-state index contributed by atoms with van der Waals surface area (Å²) in [6.07, 6.45) is 0.817. The molecule has 78 valence electrons. The number of nitrogens with zero attached hydrogens (tertiary/aromatic N) is 1. The first kappa shape index (κ1) is 9.90. The lowest BCUT2D eigenvalue weighted by Gasteiger charge is -2.36. The van der Waals surface area contributed by atoms with E-state index in [9.17, 15) is 9.59 Å². The maximum Gasteiger partial charge on any atom is 0.260 e. The topological polar surface area (TPSA) is 37.4 Å². The second-order valence-corrected chi connectivity index (χ2v) is 3.73. The molecular weight excluding hydrogens is 190 g/mol. The van der Waals surface area contributed by atoms with E-state index in [0.29, 0.717) is 12.1 Å². The van der Waals surface area contributed by atoms with E-state index in [-0.39, 0.29) is 17.7 Å². The summed E-state index contributed by atoms with van der Waals surface area (Å²) in [5, 5.41) is 0. The number of hydrogen-bond donors (Lipinski definition) is 0. The van der Waals surface area contributed by atoms with Gasteiger partial charge in [0, 0.05) is 12.1 Å². The summed E-state index contributed by atoms with van der Waals surface area (Å²) < 4.78 is 0. The first-order valence-electron chi connectivity index (χ1n) is 5.14. The quantitative estimate of drug-likeness (QED) is 0.542. The number of carbonyl (C=O) groups is 2. The number of rotatable bonds is 2. The molecule has 1 atom stereocenters. The Labute approximate surface area is 88.7 Å². The molecule has 0 aromatic heterocycles. The normalized spacial score (nSPS) is 19.9. The van der Waals surface area contributed by atoms with E-state index < -0.39 is 0 Å².